The molecule has 0 radical (unpaired) electrons. The fourth-order valence-electron chi connectivity index (χ4n) is 3.84. The lowest BCUT2D eigenvalue weighted by molar-refractivity contribution is -0.385. The molecule has 0 spiro atoms. The van der Waals surface area contributed by atoms with Crippen LogP contribution in [0.25, 0.3) is 0 Å². The smallest absolute Gasteiger partial charge is 0.317 e. The van der Waals surface area contributed by atoms with Gasteiger partial charge in [0.15, 0.2) is 0 Å². The van der Waals surface area contributed by atoms with Crippen LogP contribution in [0.15, 0.2) is 18.2 Å². The standard InChI is InChI=1S/C21H31N5O9/c27-18-2-1-17(26(34)35)11-16(18)12-22-3-5-23(13-19(28)29)7-9-25(15-21(32)33)10-8-24(6-4-22)14-20(30)31/h1-2,11,27H,3-10,12-15H2,(H,28,29)(H,30,31)(H,32,33). The van der Waals surface area contributed by atoms with Crippen molar-refractivity contribution < 1.29 is 39.7 Å². The van der Waals surface area contributed by atoms with E-state index < -0.39 is 22.8 Å². The van der Waals surface area contributed by atoms with Gasteiger partial charge in [-0.25, -0.2) is 0 Å². The number of benzene rings is 1. The Hall–Kier alpha value is -3.33. The topological polar surface area (TPSA) is 188 Å². The summed E-state index contributed by atoms with van der Waals surface area (Å²) >= 11 is 0. The van der Waals surface area contributed by atoms with Gasteiger partial charge in [0.1, 0.15) is 5.75 Å². The lowest BCUT2D eigenvalue weighted by Crippen LogP contribution is -2.48. The number of nitrogens with zero attached hydrogens (tertiary/aromatic N) is 5. The van der Waals surface area contributed by atoms with Crippen LogP contribution in [-0.2, 0) is 20.9 Å². The molecule has 1 aromatic carbocycles. The molecule has 1 heterocycles. The average molecular weight is 498 g/mol. The molecule has 0 unspecified atom stereocenters. The Morgan fingerprint density at radius 2 is 1.11 bits per heavy atom. The third kappa shape index (κ3) is 10.2. The average Bonchev–Trinajstić information content (AvgIpc) is 2.75. The summed E-state index contributed by atoms with van der Waals surface area (Å²) in [4.78, 5) is 51.4. The van der Waals surface area contributed by atoms with Crippen LogP contribution in [0.3, 0.4) is 0 Å². The van der Waals surface area contributed by atoms with Gasteiger partial charge in [0, 0.05) is 76.6 Å². The Kier molecular flexibility index (Phi) is 10.8. The molecule has 0 amide bonds. The third-order valence-corrected chi connectivity index (χ3v) is 5.67. The number of carbonyl (C=O) groups is 3. The molecule has 14 nitrogen and oxygen atoms in total. The SMILES string of the molecule is O=C(O)CN1CCN(CC(=O)O)CCN(Cc2cc([N+](=O)[O-])ccc2O)CCN(CC(=O)O)CC1. The summed E-state index contributed by atoms with van der Waals surface area (Å²) in [5.74, 6) is -3.21. The number of aliphatic carboxylic acids is 3. The van der Waals surface area contributed by atoms with Gasteiger partial charge in [0.2, 0.25) is 0 Å². The van der Waals surface area contributed by atoms with Crippen LogP contribution in [0.1, 0.15) is 5.56 Å². The number of carboxylic acids is 3. The van der Waals surface area contributed by atoms with E-state index in [1.54, 1.807) is 14.7 Å². The van der Waals surface area contributed by atoms with Crippen molar-refractivity contribution in [3.8, 4) is 5.75 Å². The fraction of sp³-hybridized carbons (Fsp3) is 0.571. The molecule has 14 heteroatoms. The van der Waals surface area contributed by atoms with Crippen molar-refractivity contribution in [1.82, 2.24) is 19.6 Å². The molecule has 4 N–H and O–H groups in total. The summed E-state index contributed by atoms with van der Waals surface area (Å²) < 4.78 is 0. The van der Waals surface area contributed by atoms with Crippen LogP contribution in [0.4, 0.5) is 5.69 Å². The molecule has 0 atom stereocenters. The zero-order chi connectivity index (χ0) is 26.0. The number of nitro groups is 1. The number of aromatic hydroxyl groups is 1. The minimum absolute atomic E-state index is 0.115. The number of hydrogen-bond donors (Lipinski definition) is 4. The van der Waals surface area contributed by atoms with Gasteiger partial charge in [0.25, 0.3) is 5.69 Å². The quantitative estimate of drug-likeness (QED) is 0.247. The van der Waals surface area contributed by atoms with Crippen LogP contribution < -0.4 is 0 Å². The number of hydrogen-bond acceptors (Lipinski definition) is 10. The number of nitro benzene ring substituents is 1. The number of carboxylic acid groups (broad SMARTS) is 3. The second-order valence-corrected chi connectivity index (χ2v) is 8.36. The first-order valence-electron chi connectivity index (χ1n) is 11.0. The van der Waals surface area contributed by atoms with E-state index in [2.05, 4.69) is 0 Å². The molecule has 0 aliphatic carbocycles. The fourth-order valence-corrected chi connectivity index (χ4v) is 3.84. The van der Waals surface area contributed by atoms with Crippen LogP contribution in [0.5, 0.6) is 5.75 Å². The summed E-state index contributed by atoms with van der Waals surface area (Å²) in [6, 6.07) is 3.72. The van der Waals surface area contributed by atoms with Crippen molar-refractivity contribution >= 4 is 23.6 Å². The molecule has 0 bridgehead atoms. The van der Waals surface area contributed by atoms with Crippen molar-refractivity contribution in [2.45, 2.75) is 6.54 Å². The van der Waals surface area contributed by atoms with Gasteiger partial charge in [-0.3, -0.25) is 44.1 Å². The van der Waals surface area contributed by atoms with Crippen molar-refractivity contribution in [1.29, 1.82) is 0 Å². The molecule has 1 aliphatic heterocycles. The van der Waals surface area contributed by atoms with E-state index in [0.29, 0.717) is 31.7 Å². The molecular formula is C21H31N5O9. The van der Waals surface area contributed by atoms with E-state index in [-0.39, 0.29) is 63.8 Å². The summed E-state index contributed by atoms with van der Waals surface area (Å²) in [5, 5.41) is 49.1. The zero-order valence-electron chi connectivity index (χ0n) is 19.3. The van der Waals surface area contributed by atoms with E-state index in [1.165, 1.54) is 18.2 Å². The van der Waals surface area contributed by atoms with Gasteiger partial charge < -0.3 is 20.4 Å². The minimum atomic E-state index is -1.03. The molecule has 0 saturated carbocycles. The van der Waals surface area contributed by atoms with Gasteiger partial charge in [-0.05, 0) is 6.07 Å². The molecule has 1 fully saturated rings. The summed E-state index contributed by atoms with van der Waals surface area (Å²) in [7, 11) is 0. The van der Waals surface area contributed by atoms with Crippen molar-refractivity contribution in [3.63, 3.8) is 0 Å². The maximum atomic E-state index is 11.3. The summed E-state index contributed by atoms with van der Waals surface area (Å²) in [6.45, 7) is 1.83. The molecule has 35 heavy (non-hydrogen) atoms. The highest BCUT2D eigenvalue weighted by Gasteiger charge is 2.21. The highest BCUT2D eigenvalue weighted by Crippen LogP contribution is 2.24. The minimum Gasteiger partial charge on any atom is -0.508 e. The van der Waals surface area contributed by atoms with Gasteiger partial charge in [-0.1, -0.05) is 0 Å². The Morgan fingerprint density at radius 3 is 1.46 bits per heavy atom. The second kappa shape index (κ2) is 13.5. The maximum absolute atomic E-state index is 11.3. The Morgan fingerprint density at radius 1 is 0.743 bits per heavy atom. The number of rotatable bonds is 9. The van der Waals surface area contributed by atoms with E-state index >= 15 is 0 Å². The number of phenolic OH excluding ortho intramolecular Hbond substituents is 1. The predicted molar refractivity (Wildman–Crippen MR) is 122 cm³/mol. The maximum Gasteiger partial charge on any atom is 0.317 e. The van der Waals surface area contributed by atoms with Crippen LogP contribution in [0.2, 0.25) is 0 Å². The first-order chi connectivity index (χ1) is 16.5. The second-order valence-electron chi connectivity index (χ2n) is 8.36. The first-order valence-corrected chi connectivity index (χ1v) is 11.0. The van der Waals surface area contributed by atoms with Gasteiger partial charge in [0.05, 0.1) is 24.6 Å². The predicted octanol–water partition coefficient (Wildman–Crippen LogP) is -0.724. The molecule has 1 aliphatic rings. The van der Waals surface area contributed by atoms with Crippen molar-refractivity contribution in [2.75, 3.05) is 72.0 Å². The van der Waals surface area contributed by atoms with E-state index in [9.17, 15) is 44.9 Å². The summed E-state index contributed by atoms with van der Waals surface area (Å²) in [5.41, 5.74) is 0.152. The highest BCUT2D eigenvalue weighted by molar-refractivity contribution is 5.69. The molecule has 2 rings (SSSR count). The zero-order valence-corrected chi connectivity index (χ0v) is 19.3. The van der Waals surface area contributed by atoms with Gasteiger partial charge in [-0.15, -0.1) is 0 Å². The monoisotopic (exact) mass is 497 g/mol. The number of non-ortho nitro benzene ring substituents is 1. The van der Waals surface area contributed by atoms with E-state index in [0.717, 1.165) is 0 Å². The largest absolute Gasteiger partial charge is 0.508 e. The Bertz CT molecular complexity index is 881. The van der Waals surface area contributed by atoms with E-state index in [4.69, 9.17) is 0 Å². The lowest BCUT2D eigenvalue weighted by Gasteiger charge is -2.33. The normalized spacial score (nSPS) is 17.8. The Balaban J connectivity index is 2.24. The highest BCUT2D eigenvalue weighted by atomic mass is 16.6. The summed E-state index contributed by atoms with van der Waals surface area (Å²) in [6.07, 6.45) is 0. The molecule has 194 valence electrons. The Labute approximate surface area is 201 Å². The van der Waals surface area contributed by atoms with Crippen LogP contribution in [-0.4, -0.2) is 135 Å². The van der Waals surface area contributed by atoms with Crippen molar-refractivity contribution in [2.24, 2.45) is 0 Å². The van der Waals surface area contributed by atoms with Crippen molar-refractivity contribution in [3.05, 3.63) is 33.9 Å². The molecular weight excluding hydrogens is 466 g/mol. The van der Waals surface area contributed by atoms with Gasteiger partial charge >= 0.3 is 17.9 Å². The third-order valence-electron chi connectivity index (χ3n) is 5.67. The van der Waals surface area contributed by atoms with Crippen LogP contribution >= 0.6 is 0 Å². The lowest BCUT2D eigenvalue weighted by atomic mass is 10.1. The molecule has 1 aromatic rings. The molecule has 1 saturated heterocycles. The van der Waals surface area contributed by atoms with Crippen LogP contribution in [0, 0.1) is 10.1 Å². The molecule has 0 aromatic heterocycles. The number of phenols is 1. The first kappa shape index (κ1) is 27.9. The van der Waals surface area contributed by atoms with Gasteiger partial charge in [-0.2, -0.15) is 0 Å². The van der Waals surface area contributed by atoms with E-state index in [1.807, 2.05) is 4.90 Å².